The standard InChI is InChI=1S/C14H14N.Zn/c1-2-15(13-9-5-3-6-10-13)14-11-7-4-8-12-14;/h3-12H,1-2H2;/q-1;. The monoisotopic (exact) mass is 260 g/mol. The molecule has 0 unspecified atom stereocenters. The average Bonchev–Trinajstić information content (AvgIpc) is 2.33. The van der Waals surface area contributed by atoms with E-state index in [0.29, 0.717) is 0 Å². The van der Waals surface area contributed by atoms with Crippen molar-refractivity contribution >= 4 is 11.4 Å². The molecule has 0 aliphatic carbocycles. The number of rotatable bonds is 3. The van der Waals surface area contributed by atoms with E-state index >= 15 is 0 Å². The third-order valence-electron chi connectivity index (χ3n) is 2.36. The van der Waals surface area contributed by atoms with Crippen LogP contribution in [0, 0.1) is 6.92 Å². The Bertz CT molecular complexity index is 360. The van der Waals surface area contributed by atoms with Crippen LogP contribution >= 0.6 is 0 Å². The molecule has 1 nitrogen and oxygen atoms in total. The molecule has 2 aromatic rings. The van der Waals surface area contributed by atoms with Crippen LogP contribution < -0.4 is 4.90 Å². The van der Waals surface area contributed by atoms with Crippen LogP contribution in [0.2, 0.25) is 0 Å². The maximum Gasteiger partial charge on any atom is 0.0385 e. The molecule has 0 radical (unpaired) electrons. The Balaban J connectivity index is 0.00000128. The van der Waals surface area contributed by atoms with Gasteiger partial charge in [0.2, 0.25) is 0 Å². The summed E-state index contributed by atoms with van der Waals surface area (Å²) in [4.78, 5) is 2.18. The van der Waals surface area contributed by atoms with Crippen molar-refractivity contribution in [1.82, 2.24) is 0 Å². The number of nitrogens with zero attached hydrogens (tertiary/aromatic N) is 1. The van der Waals surface area contributed by atoms with Gasteiger partial charge in [0.1, 0.15) is 0 Å². The minimum absolute atomic E-state index is 0. The van der Waals surface area contributed by atoms with Crippen molar-refractivity contribution in [3.05, 3.63) is 67.6 Å². The van der Waals surface area contributed by atoms with Crippen LogP contribution in [0.4, 0.5) is 11.4 Å². The summed E-state index contributed by atoms with van der Waals surface area (Å²) in [6.45, 7) is 4.69. The minimum Gasteiger partial charge on any atom is -0.372 e. The summed E-state index contributed by atoms with van der Waals surface area (Å²) in [6, 6.07) is 20.6. The second-order valence-corrected chi connectivity index (χ2v) is 3.32. The molecular weight excluding hydrogens is 248 g/mol. The number of anilines is 2. The van der Waals surface area contributed by atoms with Gasteiger partial charge in [0, 0.05) is 30.9 Å². The van der Waals surface area contributed by atoms with E-state index in [2.05, 4.69) is 36.1 Å². The SMILES string of the molecule is [CH2-]CN(c1ccccc1)c1ccccc1.[Zn]. The van der Waals surface area contributed by atoms with Gasteiger partial charge in [-0.1, -0.05) is 36.4 Å². The zero-order valence-electron chi connectivity index (χ0n) is 9.34. The van der Waals surface area contributed by atoms with E-state index < -0.39 is 0 Å². The van der Waals surface area contributed by atoms with E-state index in [0.717, 1.165) is 6.54 Å². The molecule has 0 saturated heterocycles. The Morgan fingerprint density at radius 1 is 0.750 bits per heavy atom. The Morgan fingerprint density at radius 2 is 1.12 bits per heavy atom. The first-order valence-corrected chi connectivity index (χ1v) is 5.08. The fourth-order valence-electron chi connectivity index (χ4n) is 1.62. The number of benzene rings is 2. The van der Waals surface area contributed by atoms with E-state index in [4.69, 9.17) is 0 Å². The maximum atomic E-state index is 3.96. The van der Waals surface area contributed by atoms with Gasteiger partial charge in [0.25, 0.3) is 0 Å². The van der Waals surface area contributed by atoms with E-state index in [-0.39, 0.29) is 19.5 Å². The smallest absolute Gasteiger partial charge is 0.0385 e. The molecule has 2 aromatic carbocycles. The van der Waals surface area contributed by atoms with Crippen LogP contribution in [0.15, 0.2) is 60.7 Å². The molecule has 16 heavy (non-hydrogen) atoms. The van der Waals surface area contributed by atoms with Crippen LogP contribution in [0.1, 0.15) is 0 Å². The molecule has 2 heteroatoms. The van der Waals surface area contributed by atoms with Crippen LogP contribution in [0.5, 0.6) is 0 Å². The predicted octanol–water partition coefficient (Wildman–Crippen LogP) is 3.66. The van der Waals surface area contributed by atoms with E-state index in [1.165, 1.54) is 11.4 Å². The molecule has 2 rings (SSSR count). The Labute approximate surface area is 110 Å². The third kappa shape index (κ3) is 2.93. The van der Waals surface area contributed by atoms with Gasteiger partial charge < -0.3 is 11.8 Å². The molecular formula is C14H14NZn-. The molecule has 0 aromatic heterocycles. The van der Waals surface area contributed by atoms with Gasteiger partial charge in [-0.25, -0.2) is 0 Å². The fraction of sp³-hybridized carbons (Fsp3) is 0.0714. The van der Waals surface area contributed by atoms with Gasteiger partial charge in [0.05, 0.1) is 0 Å². The van der Waals surface area contributed by atoms with E-state index in [1.54, 1.807) is 0 Å². The van der Waals surface area contributed by atoms with E-state index in [1.807, 2.05) is 36.4 Å². The van der Waals surface area contributed by atoms with Gasteiger partial charge in [0.15, 0.2) is 0 Å². The summed E-state index contributed by atoms with van der Waals surface area (Å²) in [5.74, 6) is 0. The summed E-state index contributed by atoms with van der Waals surface area (Å²) in [5, 5.41) is 0. The average molecular weight is 262 g/mol. The maximum absolute atomic E-state index is 3.96. The normalized spacial score (nSPS) is 9.31. The second kappa shape index (κ2) is 6.45. The molecule has 0 bridgehead atoms. The van der Waals surface area contributed by atoms with Crippen molar-refractivity contribution in [1.29, 1.82) is 0 Å². The summed E-state index contributed by atoms with van der Waals surface area (Å²) < 4.78 is 0. The first kappa shape index (κ1) is 12.9. The zero-order chi connectivity index (χ0) is 10.5. The summed E-state index contributed by atoms with van der Waals surface area (Å²) >= 11 is 0. The second-order valence-electron chi connectivity index (χ2n) is 3.32. The van der Waals surface area contributed by atoms with Crippen LogP contribution in [0.3, 0.4) is 0 Å². The van der Waals surface area contributed by atoms with Crippen molar-refractivity contribution in [2.75, 3.05) is 11.4 Å². The quantitative estimate of drug-likeness (QED) is 0.602. The number of hydrogen-bond donors (Lipinski definition) is 0. The van der Waals surface area contributed by atoms with Crippen LogP contribution in [-0.2, 0) is 19.5 Å². The van der Waals surface area contributed by atoms with Gasteiger partial charge in [-0.2, -0.15) is 0 Å². The van der Waals surface area contributed by atoms with Crippen molar-refractivity contribution in [2.45, 2.75) is 0 Å². The van der Waals surface area contributed by atoms with Crippen molar-refractivity contribution < 1.29 is 19.5 Å². The first-order chi connectivity index (χ1) is 7.42. The van der Waals surface area contributed by atoms with Gasteiger partial charge >= 0.3 is 0 Å². The predicted molar refractivity (Wildman–Crippen MR) is 65.2 cm³/mol. The largest absolute Gasteiger partial charge is 0.372 e. The minimum atomic E-state index is 0. The van der Waals surface area contributed by atoms with Gasteiger partial charge in [-0.15, -0.1) is 6.54 Å². The van der Waals surface area contributed by atoms with E-state index in [9.17, 15) is 0 Å². The topological polar surface area (TPSA) is 3.24 Å². The zero-order valence-corrected chi connectivity index (χ0v) is 12.3. The van der Waals surface area contributed by atoms with Gasteiger partial charge in [-0.05, 0) is 24.3 Å². The van der Waals surface area contributed by atoms with Gasteiger partial charge in [-0.3, -0.25) is 0 Å². The first-order valence-electron chi connectivity index (χ1n) is 5.08. The van der Waals surface area contributed by atoms with Crippen molar-refractivity contribution in [3.8, 4) is 0 Å². The molecule has 0 aliphatic heterocycles. The molecule has 0 saturated carbocycles. The molecule has 0 N–H and O–H groups in total. The number of para-hydroxylation sites is 2. The molecule has 0 atom stereocenters. The molecule has 0 aliphatic rings. The molecule has 0 heterocycles. The van der Waals surface area contributed by atoms with Crippen LogP contribution in [-0.4, -0.2) is 6.54 Å². The Kier molecular flexibility index (Phi) is 5.21. The molecule has 0 spiro atoms. The summed E-state index contributed by atoms with van der Waals surface area (Å²) in [6.07, 6.45) is 0. The van der Waals surface area contributed by atoms with Crippen molar-refractivity contribution in [2.24, 2.45) is 0 Å². The molecule has 78 valence electrons. The fourth-order valence-corrected chi connectivity index (χ4v) is 1.62. The number of hydrogen-bond acceptors (Lipinski definition) is 1. The summed E-state index contributed by atoms with van der Waals surface area (Å²) in [5.41, 5.74) is 2.36. The van der Waals surface area contributed by atoms with Crippen LogP contribution in [0.25, 0.3) is 0 Å². The summed E-state index contributed by atoms with van der Waals surface area (Å²) in [7, 11) is 0. The van der Waals surface area contributed by atoms with Crippen molar-refractivity contribution in [3.63, 3.8) is 0 Å². The molecule has 0 amide bonds. The molecule has 0 fully saturated rings. The Morgan fingerprint density at radius 3 is 1.44 bits per heavy atom. The Hall–Kier alpha value is -1.14. The third-order valence-corrected chi connectivity index (χ3v) is 2.36.